The summed E-state index contributed by atoms with van der Waals surface area (Å²) in [6.45, 7) is 4.36. The molecule has 0 aromatic heterocycles. The fourth-order valence-corrected chi connectivity index (χ4v) is 4.45. The minimum absolute atomic E-state index is 0.202. The van der Waals surface area contributed by atoms with Crippen LogP contribution in [-0.2, 0) is 19.6 Å². The zero-order valence-electron chi connectivity index (χ0n) is 16.5. The number of hydrogen-bond donors (Lipinski definition) is 0. The summed E-state index contributed by atoms with van der Waals surface area (Å²) in [6.07, 6.45) is 0. The Kier molecular flexibility index (Phi) is 6.34. The normalized spacial score (nSPS) is 15.2. The van der Waals surface area contributed by atoms with Gasteiger partial charge in [-0.2, -0.15) is 4.31 Å². The Morgan fingerprint density at radius 3 is 1.93 bits per heavy atom. The number of amides is 1. The fraction of sp³-hybridized carbons (Fsp3) is 0.333. The summed E-state index contributed by atoms with van der Waals surface area (Å²) in [4.78, 5) is 26.1. The molecule has 1 aliphatic rings. The summed E-state index contributed by atoms with van der Waals surface area (Å²) < 4.78 is 31.9. The number of nitrogens with zero attached hydrogens (tertiary/aromatic N) is 2. The first-order valence-corrected chi connectivity index (χ1v) is 10.8. The van der Waals surface area contributed by atoms with Crippen molar-refractivity contribution in [1.29, 1.82) is 0 Å². The van der Waals surface area contributed by atoms with E-state index in [1.807, 2.05) is 13.8 Å². The van der Waals surface area contributed by atoms with Crippen LogP contribution < -0.4 is 0 Å². The Balaban J connectivity index is 1.52. The second-order valence-corrected chi connectivity index (χ2v) is 8.98. The van der Waals surface area contributed by atoms with E-state index in [1.54, 1.807) is 48.5 Å². The molecular weight excluding hydrogens is 392 g/mol. The van der Waals surface area contributed by atoms with Crippen molar-refractivity contribution in [3.63, 3.8) is 0 Å². The van der Waals surface area contributed by atoms with Gasteiger partial charge in [0.2, 0.25) is 10.0 Å². The van der Waals surface area contributed by atoms with Gasteiger partial charge in [-0.05, 0) is 38.1 Å². The van der Waals surface area contributed by atoms with E-state index in [0.29, 0.717) is 5.56 Å². The zero-order chi connectivity index (χ0) is 21.0. The van der Waals surface area contributed by atoms with Crippen LogP contribution in [0.4, 0.5) is 0 Å². The molecule has 2 aromatic rings. The van der Waals surface area contributed by atoms with E-state index in [9.17, 15) is 18.0 Å². The van der Waals surface area contributed by atoms with Crippen molar-refractivity contribution >= 4 is 21.9 Å². The smallest absolute Gasteiger partial charge is 0.338 e. The minimum atomic E-state index is -3.58. The molecule has 2 aromatic carbocycles. The standard InChI is InChI=1S/C21H24N2O5S/c1-16-3-7-18(8-4-16)21(25)28-15-20(24)22-11-13-23(14-12-22)29(26,27)19-9-5-17(2)6-10-19/h3-10H,11-15H2,1-2H3. The zero-order valence-corrected chi connectivity index (χ0v) is 17.3. The molecule has 1 amide bonds. The number of piperazine rings is 1. The van der Waals surface area contributed by atoms with Crippen LogP contribution in [-0.4, -0.2) is 62.3 Å². The Morgan fingerprint density at radius 1 is 0.862 bits per heavy atom. The van der Waals surface area contributed by atoms with Crippen molar-refractivity contribution in [2.24, 2.45) is 0 Å². The SMILES string of the molecule is Cc1ccc(C(=O)OCC(=O)N2CCN(S(=O)(=O)c3ccc(C)cc3)CC2)cc1. The van der Waals surface area contributed by atoms with Crippen molar-refractivity contribution in [2.75, 3.05) is 32.8 Å². The highest BCUT2D eigenvalue weighted by Gasteiger charge is 2.30. The van der Waals surface area contributed by atoms with Gasteiger partial charge in [-0.25, -0.2) is 13.2 Å². The van der Waals surface area contributed by atoms with Crippen LogP contribution in [0.25, 0.3) is 0 Å². The van der Waals surface area contributed by atoms with Crippen LogP contribution in [0, 0.1) is 13.8 Å². The monoisotopic (exact) mass is 416 g/mol. The van der Waals surface area contributed by atoms with Gasteiger partial charge in [-0.3, -0.25) is 4.79 Å². The summed E-state index contributed by atoms with van der Waals surface area (Å²) in [6, 6.07) is 13.6. The second-order valence-electron chi connectivity index (χ2n) is 7.04. The molecule has 0 N–H and O–H groups in total. The molecule has 0 bridgehead atoms. The Hall–Kier alpha value is -2.71. The maximum atomic E-state index is 12.7. The van der Waals surface area contributed by atoms with Gasteiger partial charge < -0.3 is 9.64 Å². The van der Waals surface area contributed by atoms with Gasteiger partial charge in [0.05, 0.1) is 10.5 Å². The first-order valence-electron chi connectivity index (χ1n) is 9.36. The number of carbonyl (C=O) groups excluding carboxylic acids is 2. The van der Waals surface area contributed by atoms with E-state index in [0.717, 1.165) is 11.1 Å². The highest BCUT2D eigenvalue weighted by atomic mass is 32.2. The number of hydrogen-bond acceptors (Lipinski definition) is 5. The number of sulfonamides is 1. The quantitative estimate of drug-likeness (QED) is 0.696. The number of benzene rings is 2. The van der Waals surface area contributed by atoms with E-state index in [4.69, 9.17) is 4.74 Å². The number of ether oxygens (including phenoxy) is 1. The predicted octanol–water partition coefficient (Wildman–Crippen LogP) is 1.99. The first-order chi connectivity index (χ1) is 13.8. The highest BCUT2D eigenvalue weighted by Crippen LogP contribution is 2.18. The van der Waals surface area contributed by atoms with Crippen LogP contribution in [0.2, 0.25) is 0 Å². The van der Waals surface area contributed by atoms with Crippen LogP contribution >= 0.6 is 0 Å². The van der Waals surface area contributed by atoms with Gasteiger partial charge in [-0.15, -0.1) is 0 Å². The van der Waals surface area contributed by atoms with E-state index in [-0.39, 0.29) is 43.6 Å². The number of carbonyl (C=O) groups is 2. The van der Waals surface area contributed by atoms with Crippen LogP contribution in [0.1, 0.15) is 21.5 Å². The third-order valence-electron chi connectivity index (χ3n) is 4.86. The minimum Gasteiger partial charge on any atom is -0.452 e. The van der Waals surface area contributed by atoms with Gasteiger partial charge in [-0.1, -0.05) is 35.4 Å². The maximum absolute atomic E-state index is 12.7. The molecule has 1 saturated heterocycles. The lowest BCUT2D eigenvalue weighted by molar-refractivity contribution is -0.135. The molecule has 0 radical (unpaired) electrons. The lowest BCUT2D eigenvalue weighted by Crippen LogP contribution is -2.51. The van der Waals surface area contributed by atoms with E-state index >= 15 is 0 Å². The molecule has 3 rings (SSSR count). The third kappa shape index (κ3) is 5.02. The molecule has 29 heavy (non-hydrogen) atoms. The molecular formula is C21H24N2O5S. The molecule has 0 unspecified atom stereocenters. The molecule has 1 fully saturated rings. The van der Waals surface area contributed by atoms with Crippen molar-refractivity contribution < 1.29 is 22.7 Å². The molecule has 1 aliphatic heterocycles. The molecule has 1 heterocycles. The molecule has 0 spiro atoms. The second kappa shape index (κ2) is 8.75. The topological polar surface area (TPSA) is 84.0 Å². The fourth-order valence-electron chi connectivity index (χ4n) is 3.03. The van der Waals surface area contributed by atoms with Crippen molar-refractivity contribution in [3.05, 3.63) is 65.2 Å². The number of rotatable bonds is 5. The average molecular weight is 416 g/mol. The van der Waals surface area contributed by atoms with Crippen LogP contribution in [0.3, 0.4) is 0 Å². The Morgan fingerprint density at radius 2 is 1.38 bits per heavy atom. The number of aryl methyl sites for hydroxylation is 2. The largest absolute Gasteiger partial charge is 0.452 e. The molecule has 0 saturated carbocycles. The summed E-state index contributed by atoms with van der Waals surface area (Å²) in [5.41, 5.74) is 2.40. The predicted molar refractivity (Wildman–Crippen MR) is 108 cm³/mol. The van der Waals surface area contributed by atoms with Gasteiger partial charge in [0, 0.05) is 26.2 Å². The number of esters is 1. The average Bonchev–Trinajstić information content (AvgIpc) is 2.72. The lowest BCUT2D eigenvalue weighted by atomic mass is 10.1. The molecule has 8 heteroatoms. The first kappa shape index (κ1) is 21.0. The van der Waals surface area contributed by atoms with Crippen molar-refractivity contribution in [3.8, 4) is 0 Å². The third-order valence-corrected chi connectivity index (χ3v) is 6.78. The van der Waals surface area contributed by atoms with Gasteiger partial charge in [0.1, 0.15) is 0 Å². The van der Waals surface area contributed by atoms with Crippen LogP contribution in [0.15, 0.2) is 53.4 Å². The van der Waals surface area contributed by atoms with Gasteiger partial charge in [0.15, 0.2) is 6.61 Å². The summed E-state index contributed by atoms with van der Waals surface area (Å²) in [5, 5.41) is 0. The maximum Gasteiger partial charge on any atom is 0.338 e. The summed E-state index contributed by atoms with van der Waals surface area (Å²) in [5.74, 6) is -0.892. The van der Waals surface area contributed by atoms with Crippen molar-refractivity contribution in [1.82, 2.24) is 9.21 Å². The van der Waals surface area contributed by atoms with Gasteiger partial charge in [0.25, 0.3) is 5.91 Å². The Bertz CT molecular complexity index is 977. The van der Waals surface area contributed by atoms with Gasteiger partial charge >= 0.3 is 5.97 Å². The molecule has 0 aliphatic carbocycles. The van der Waals surface area contributed by atoms with Crippen molar-refractivity contribution in [2.45, 2.75) is 18.7 Å². The lowest BCUT2D eigenvalue weighted by Gasteiger charge is -2.33. The summed E-state index contributed by atoms with van der Waals surface area (Å²) in [7, 11) is -3.58. The molecule has 7 nitrogen and oxygen atoms in total. The summed E-state index contributed by atoms with van der Waals surface area (Å²) >= 11 is 0. The highest BCUT2D eigenvalue weighted by molar-refractivity contribution is 7.89. The molecule has 0 atom stereocenters. The van der Waals surface area contributed by atoms with E-state index in [1.165, 1.54) is 9.21 Å². The Labute approximate surface area is 170 Å². The molecule has 154 valence electrons. The van der Waals surface area contributed by atoms with E-state index < -0.39 is 16.0 Å². The van der Waals surface area contributed by atoms with E-state index in [2.05, 4.69) is 0 Å². The van der Waals surface area contributed by atoms with Crippen LogP contribution in [0.5, 0.6) is 0 Å².